The van der Waals surface area contributed by atoms with Crippen LogP contribution in [0.15, 0.2) is 48.5 Å². The minimum atomic E-state index is 0.735. The Bertz CT molecular complexity index is 952. The maximum atomic E-state index is 5.23. The fourth-order valence-electron chi connectivity index (χ4n) is 2.66. The Morgan fingerprint density at radius 1 is 1.00 bits per heavy atom. The third kappa shape index (κ3) is 1.74. The van der Waals surface area contributed by atoms with Gasteiger partial charge in [-0.05, 0) is 36.4 Å². The number of aromatic nitrogens is 4. The van der Waals surface area contributed by atoms with Gasteiger partial charge in [0.25, 0.3) is 0 Å². The van der Waals surface area contributed by atoms with Gasteiger partial charge < -0.3 is 10.1 Å². The van der Waals surface area contributed by atoms with Gasteiger partial charge in [-0.15, -0.1) is 14.8 Å². The lowest BCUT2D eigenvalue weighted by Crippen LogP contribution is -2.01. The largest absolute Gasteiger partial charge is 0.497 e. The van der Waals surface area contributed by atoms with Gasteiger partial charge in [-0.25, -0.2) is 0 Å². The van der Waals surface area contributed by atoms with Crippen molar-refractivity contribution in [2.24, 2.45) is 0 Å². The summed E-state index contributed by atoms with van der Waals surface area (Å²) >= 11 is 0. The quantitative estimate of drug-likeness (QED) is 0.631. The first kappa shape index (κ1) is 12.7. The number of hydrogen-bond donors (Lipinski definition) is 1. The van der Waals surface area contributed by atoms with Crippen LogP contribution in [0, 0.1) is 0 Å². The summed E-state index contributed by atoms with van der Waals surface area (Å²) in [6.45, 7) is 0. The smallest absolute Gasteiger partial charge is 0.229 e. The molecule has 22 heavy (non-hydrogen) atoms. The highest BCUT2D eigenvalue weighted by Crippen LogP contribution is 2.26. The van der Waals surface area contributed by atoms with E-state index in [0.29, 0.717) is 0 Å². The van der Waals surface area contributed by atoms with Crippen LogP contribution in [0.5, 0.6) is 5.75 Å². The molecular formula is C16H15N5O. The molecule has 0 spiro atoms. The minimum absolute atomic E-state index is 0.735. The Kier molecular flexibility index (Phi) is 2.75. The Balaban J connectivity index is 2.04. The average molecular weight is 293 g/mol. The molecule has 0 saturated heterocycles. The fourth-order valence-corrected chi connectivity index (χ4v) is 2.66. The molecule has 0 aliphatic rings. The standard InChI is InChI=1S/C16H15N5O/c1-17-16-19-21-15(13-5-3-4-6-14(13)18-21)20(16)11-7-9-12(22-2)10-8-11/h3-10H,1-2H3,(H,17,19). The summed E-state index contributed by atoms with van der Waals surface area (Å²) in [6.07, 6.45) is 0. The van der Waals surface area contributed by atoms with Crippen molar-refractivity contribution in [2.75, 3.05) is 19.5 Å². The van der Waals surface area contributed by atoms with Crippen molar-refractivity contribution < 1.29 is 4.74 Å². The topological polar surface area (TPSA) is 56.4 Å². The van der Waals surface area contributed by atoms with Gasteiger partial charge in [0, 0.05) is 12.4 Å². The zero-order valence-corrected chi connectivity index (χ0v) is 12.3. The second-order valence-electron chi connectivity index (χ2n) is 4.94. The van der Waals surface area contributed by atoms with E-state index in [9.17, 15) is 0 Å². The molecule has 110 valence electrons. The van der Waals surface area contributed by atoms with Gasteiger partial charge in [0.15, 0.2) is 5.65 Å². The van der Waals surface area contributed by atoms with Crippen LogP contribution < -0.4 is 10.1 Å². The van der Waals surface area contributed by atoms with Crippen LogP contribution in [0.1, 0.15) is 0 Å². The highest BCUT2D eigenvalue weighted by Gasteiger charge is 2.16. The first-order valence-corrected chi connectivity index (χ1v) is 7.00. The van der Waals surface area contributed by atoms with Crippen LogP contribution in [0.3, 0.4) is 0 Å². The summed E-state index contributed by atoms with van der Waals surface area (Å²) in [4.78, 5) is 0. The molecule has 0 amide bonds. The van der Waals surface area contributed by atoms with Crippen LogP contribution in [0.4, 0.5) is 5.95 Å². The van der Waals surface area contributed by atoms with Crippen LogP contribution >= 0.6 is 0 Å². The molecule has 6 nitrogen and oxygen atoms in total. The number of methoxy groups -OCH3 is 1. The normalized spacial score (nSPS) is 11.2. The Labute approximate surface area is 126 Å². The summed E-state index contributed by atoms with van der Waals surface area (Å²) < 4.78 is 8.95. The second kappa shape index (κ2) is 4.77. The predicted octanol–water partition coefficient (Wildman–Crippen LogP) is 2.72. The number of anilines is 1. The lowest BCUT2D eigenvalue weighted by molar-refractivity contribution is 0.415. The van der Waals surface area contributed by atoms with Crippen molar-refractivity contribution in [3.8, 4) is 11.4 Å². The van der Waals surface area contributed by atoms with E-state index in [-0.39, 0.29) is 0 Å². The maximum absolute atomic E-state index is 5.23. The van der Waals surface area contributed by atoms with Crippen LogP contribution in [0.25, 0.3) is 22.2 Å². The van der Waals surface area contributed by atoms with Gasteiger partial charge in [-0.3, -0.25) is 4.57 Å². The maximum Gasteiger partial charge on any atom is 0.229 e. The van der Waals surface area contributed by atoms with E-state index >= 15 is 0 Å². The molecule has 2 aromatic heterocycles. The summed E-state index contributed by atoms with van der Waals surface area (Å²) in [5, 5.41) is 13.2. The number of benzene rings is 2. The van der Waals surface area contributed by atoms with Crippen molar-refractivity contribution in [1.82, 2.24) is 19.4 Å². The van der Waals surface area contributed by atoms with Gasteiger partial charge in [-0.1, -0.05) is 12.1 Å². The summed E-state index contributed by atoms with van der Waals surface area (Å²) in [5.41, 5.74) is 2.86. The van der Waals surface area contributed by atoms with Gasteiger partial charge in [0.1, 0.15) is 5.75 Å². The molecule has 4 aromatic rings. The van der Waals surface area contributed by atoms with Gasteiger partial charge in [0.2, 0.25) is 5.95 Å². The van der Waals surface area contributed by atoms with Crippen LogP contribution in [-0.2, 0) is 0 Å². The molecule has 0 aliphatic heterocycles. The number of rotatable bonds is 3. The number of hydrogen-bond acceptors (Lipinski definition) is 4. The fraction of sp³-hybridized carbons (Fsp3) is 0.125. The van der Waals surface area contributed by atoms with Crippen molar-refractivity contribution in [3.63, 3.8) is 0 Å². The first-order valence-electron chi connectivity index (χ1n) is 7.00. The number of ether oxygens (including phenoxy) is 1. The second-order valence-corrected chi connectivity index (χ2v) is 4.94. The Morgan fingerprint density at radius 2 is 1.77 bits per heavy atom. The first-order chi connectivity index (χ1) is 10.8. The molecule has 2 aromatic carbocycles. The summed E-state index contributed by atoms with van der Waals surface area (Å²) in [6, 6.07) is 15.9. The third-order valence-corrected chi connectivity index (χ3v) is 3.70. The monoisotopic (exact) mass is 293 g/mol. The summed E-state index contributed by atoms with van der Waals surface area (Å²) in [5.74, 6) is 1.56. The molecule has 0 atom stereocenters. The molecule has 2 heterocycles. The molecule has 4 rings (SSSR count). The van der Waals surface area contributed by atoms with Crippen molar-refractivity contribution in [1.29, 1.82) is 0 Å². The van der Waals surface area contributed by atoms with Gasteiger partial charge >= 0.3 is 0 Å². The molecule has 6 heteroatoms. The molecule has 1 N–H and O–H groups in total. The average Bonchev–Trinajstić information content (AvgIpc) is 3.10. The molecular weight excluding hydrogens is 278 g/mol. The van der Waals surface area contributed by atoms with Gasteiger partial charge in [-0.2, -0.15) is 0 Å². The van der Waals surface area contributed by atoms with E-state index < -0.39 is 0 Å². The number of fused-ring (bicyclic) bond motifs is 3. The van der Waals surface area contributed by atoms with E-state index in [1.165, 1.54) is 0 Å². The lowest BCUT2D eigenvalue weighted by Gasteiger charge is -2.08. The van der Waals surface area contributed by atoms with Crippen molar-refractivity contribution in [2.45, 2.75) is 0 Å². The van der Waals surface area contributed by atoms with E-state index in [0.717, 1.165) is 33.9 Å². The zero-order valence-electron chi connectivity index (χ0n) is 12.3. The Morgan fingerprint density at radius 3 is 2.50 bits per heavy atom. The van der Waals surface area contributed by atoms with Gasteiger partial charge in [0.05, 0.1) is 18.3 Å². The molecule has 0 saturated carbocycles. The number of nitrogens with zero attached hydrogens (tertiary/aromatic N) is 4. The highest BCUT2D eigenvalue weighted by molar-refractivity contribution is 5.93. The molecule has 0 radical (unpaired) electrons. The molecule has 0 fully saturated rings. The van der Waals surface area contributed by atoms with Crippen LogP contribution in [0.2, 0.25) is 0 Å². The molecule has 0 aliphatic carbocycles. The minimum Gasteiger partial charge on any atom is -0.497 e. The van der Waals surface area contributed by atoms with Crippen molar-refractivity contribution >= 4 is 22.5 Å². The lowest BCUT2D eigenvalue weighted by atomic mass is 10.2. The SMILES string of the molecule is CNc1nn2nc3ccccc3c2n1-c1ccc(OC)cc1. The molecule has 0 bridgehead atoms. The third-order valence-electron chi connectivity index (χ3n) is 3.70. The van der Waals surface area contributed by atoms with Crippen LogP contribution in [-0.4, -0.2) is 33.6 Å². The van der Waals surface area contributed by atoms with Crippen molar-refractivity contribution in [3.05, 3.63) is 48.5 Å². The zero-order chi connectivity index (χ0) is 15.1. The number of nitrogens with one attached hydrogen (secondary N) is 1. The van der Waals surface area contributed by atoms with E-state index in [1.54, 1.807) is 11.7 Å². The van der Waals surface area contributed by atoms with E-state index in [1.807, 2.05) is 49.5 Å². The van der Waals surface area contributed by atoms with E-state index in [2.05, 4.69) is 26.1 Å². The van der Waals surface area contributed by atoms with E-state index in [4.69, 9.17) is 4.74 Å². The highest BCUT2D eigenvalue weighted by atomic mass is 16.5. The predicted molar refractivity (Wildman–Crippen MR) is 85.9 cm³/mol. The Hall–Kier alpha value is -3.02. The molecule has 0 unspecified atom stereocenters. The summed E-state index contributed by atoms with van der Waals surface area (Å²) in [7, 11) is 3.51.